The number of methoxy groups -OCH3 is 1. The van der Waals surface area contributed by atoms with Crippen molar-refractivity contribution in [3.8, 4) is 5.75 Å². The van der Waals surface area contributed by atoms with Crippen LogP contribution in [0.25, 0.3) is 0 Å². The van der Waals surface area contributed by atoms with Crippen molar-refractivity contribution in [2.45, 2.75) is 13.3 Å². The Morgan fingerprint density at radius 1 is 1.18 bits per heavy atom. The summed E-state index contributed by atoms with van der Waals surface area (Å²) in [6.07, 6.45) is 0.361. The molecule has 0 fully saturated rings. The second-order valence-corrected chi connectivity index (χ2v) is 5.32. The molecule has 0 unspecified atom stereocenters. The van der Waals surface area contributed by atoms with Gasteiger partial charge in [-0.05, 0) is 42.8 Å². The van der Waals surface area contributed by atoms with Crippen LogP contribution >= 0.6 is 11.6 Å². The van der Waals surface area contributed by atoms with E-state index in [4.69, 9.17) is 16.3 Å². The molecule has 0 bridgehead atoms. The van der Waals surface area contributed by atoms with Crippen LogP contribution < -0.4 is 15.4 Å². The lowest BCUT2D eigenvalue weighted by atomic mass is 10.2. The number of ether oxygens (including phenoxy) is 1. The summed E-state index contributed by atoms with van der Waals surface area (Å²) >= 11 is 5.90. The highest BCUT2D eigenvalue weighted by Crippen LogP contribution is 2.23. The van der Waals surface area contributed by atoms with Gasteiger partial charge < -0.3 is 15.4 Å². The van der Waals surface area contributed by atoms with E-state index >= 15 is 0 Å². The number of anilines is 2. The number of nitrogens with one attached hydrogen (secondary N) is 2. The summed E-state index contributed by atoms with van der Waals surface area (Å²) in [5, 5.41) is 6.74. The third-order valence-electron chi connectivity index (χ3n) is 3.24. The van der Waals surface area contributed by atoms with Gasteiger partial charge in [-0.1, -0.05) is 23.7 Å². The highest BCUT2D eigenvalue weighted by atomic mass is 35.5. The first-order valence-electron chi connectivity index (χ1n) is 7.03. The van der Waals surface area contributed by atoms with Gasteiger partial charge in [-0.25, -0.2) is 0 Å². The van der Waals surface area contributed by atoms with Crippen molar-refractivity contribution < 1.29 is 9.53 Å². The van der Waals surface area contributed by atoms with Crippen molar-refractivity contribution in [2.75, 3.05) is 24.3 Å². The fourth-order valence-corrected chi connectivity index (χ4v) is 2.31. The van der Waals surface area contributed by atoms with Gasteiger partial charge in [0.15, 0.2) is 0 Å². The van der Waals surface area contributed by atoms with Crippen LogP contribution in [-0.4, -0.2) is 19.6 Å². The minimum absolute atomic E-state index is 0.0483. The lowest BCUT2D eigenvalue weighted by Crippen LogP contribution is -2.17. The Balaban J connectivity index is 1.85. The molecule has 0 radical (unpaired) electrons. The molecule has 2 rings (SSSR count). The first-order chi connectivity index (χ1) is 10.6. The predicted octanol–water partition coefficient (Wildman–Crippen LogP) is 4.10. The Kier molecular flexibility index (Phi) is 5.67. The van der Waals surface area contributed by atoms with Gasteiger partial charge in [0.2, 0.25) is 5.91 Å². The van der Waals surface area contributed by atoms with Gasteiger partial charge in [0.1, 0.15) is 5.75 Å². The van der Waals surface area contributed by atoms with Gasteiger partial charge >= 0.3 is 0 Å². The summed E-state index contributed by atoms with van der Waals surface area (Å²) in [6.45, 7) is 2.44. The molecule has 0 aliphatic carbocycles. The maximum atomic E-state index is 12.0. The number of aryl methyl sites for hydroxylation is 1. The third kappa shape index (κ3) is 4.40. The Morgan fingerprint density at radius 2 is 1.95 bits per heavy atom. The highest BCUT2D eigenvalue weighted by Gasteiger charge is 2.06. The van der Waals surface area contributed by atoms with E-state index in [1.165, 1.54) is 0 Å². The number of rotatable bonds is 6. The second-order valence-electron chi connectivity index (χ2n) is 4.88. The van der Waals surface area contributed by atoms with E-state index in [9.17, 15) is 4.79 Å². The molecule has 0 aliphatic heterocycles. The molecule has 0 atom stereocenters. The Morgan fingerprint density at radius 3 is 2.68 bits per heavy atom. The molecular weight excluding hydrogens is 300 g/mol. The predicted molar refractivity (Wildman–Crippen MR) is 90.9 cm³/mol. The fourth-order valence-electron chi connectivity index (χ4n) is 2.08. The van der Waals surface area contributed by atoms with Crippen molar-refractivity contribution in [3.05, 3.63) is 53.1 Å². The van der Waals surface area contributed by atoms with Gasteiger partial charge in [0.05, 0.1) is 12.8 Å². The quantitative estimate of drug-likeness (QED) is 0.843. The largest absolute Gasteiger partial charge is 0.495 e. The maximum Gasteiger partial charge on any atom is 0.226 e. The zero-order valence-corrected chi connectivity index (χ0v) is 13.4. The SMILES string of the molecule is COc1ccccc1NCCC(=O)Nc1ccc(Cl)cc1C. The summed E-state index contributed by atoms with van der Waals surface area (Å²) in [6, 6.07) is 13.0. The molecule has 1 amide bonds. The Labute approximate surface area is 135 Å². The molecule has 4 nitrogen and oxygen atoms in total. The van der Waals surface area contributed by atoms with Crippen LogP contribution in [-0.2, 0) is 4.79 Å². The number of hydrogen-bond acceptors (Lipinski definition) is 3. The topological polar surface area (TPSA) is 50.4 Å². The zero-order valence-electron chi connectivity index (χ0n) is 12.7. The summed E-state index contributed by atoms with van der Waals surface area (Å²) in [5.74, 6) is 0.712. The number of amides is 1. The van der Waals surface area contributed by atoms with E-state index in [1.807, 2.05) is 43.3 Å². The summed E-state index contributed by atoms with van der Waals surface area (Å²) < 4.78 is 5.25. The Bertz CT molecular complexity index is 659. The van der Waals surface area contributed by atoms with E-state index in [2.05, 4.69) is 10.6 Å². The first-order valence-corrected chi connectivity index (χ1v) is 7.41. The number of carbonyl (C=O) groups excluding carboxylic acids is 1. The minimum Gasteiger partial charge on any atom is -0.495 e. The van der Waals surface area contributed by atoms with Gasteiger partial charge in [0, 0.05) is 23.7 Å². The molecule has 0 heterocycles. The van der Waals surface area contributed by atoms with Crippen molar-refractivity contribution in [1.29, 1.82) is 0 Å². The van der Waals surface area contributed by atoms with Gasteiger partial charge in [-0.2, -0.15) is 0 Å². The standard InChI is InChI=1S/C17H19ClN2O2/c1-12-11-13(18)7-8-14(12)20-17(21)9-10-19-15-5-3-4-6-16(15)22-2/h3-8,11,19H,9-10H2,1-2H3,(H,20,21). The number of benzene rings is 2. The number of para-hydroxylation sites is 2. The number of hydrogen-bond donors (Lipinski definition) is 2. The van der Waals surface area contributed by atoms with Crippen LogP contribution in [0.1, 0.15) is 12.0 Å². The molecule has 2 aromatic rings. The van der Waals surface area contributed by atoms with Crippen molar-refractivity contribution in [2.24, 2.45) is 0 Å². The van der Waals surface area contributed by atoms with E-state index in [0.29, 0.717) is 18.0 Å². The van der Waals surface area contributed by atoms with E-state index in [1.54, 1.807) is 13.2 Å². The molecule has 0 saturated carbocycles. The molecule has 0 saturated heterocycles. The molecule has 0 spiro atoms. The average Bonchev–Trinajstić information content (AvgIpc) is 2.50. The molecule has 5 heteroatoms. The van der Waals surface area contributed by atoms with Crippen LogP contribution in [0.3, 0.4) is 0 Å². The minimum atomic E-state index is -0.0483. The van der Waals surface area contributed by atoms with Gasteiger partial charge in [-0.15, -0.1) is 0 Å². The molecule has 116 valence electrons. The summed E-state index contributed by atoms with van der Waals surface area (Å²) in [4.78, 5) is 12.0. The molecule has 0 aromatic heterocycles. The van der Waals surface area contributed by atoms with Crippen molar-refractivity contribution in [3.63, 3.8) is 0 Å². The van der Waals surface area contributed by atoms with Crippen molar-refractivity contribution in [1.82, 2.24) is 0 Å². The summed E-state index contributed by atoms with van der Waals surface area (Å²) in [5.41, 5.74) is 2.60. The van der Waals surface area contributed by atoms with Crippen LogP contribution in [0.15, 0.2) is 42.5 Å². The van der Waals surface area contributed by atoms with Gasteiger partial charge in [0.25, 0.3) is 0 Å². The van der Waals surface area contributed by atoms with Crippen molar-refractivity contribution >= 4 is 28.9 Å². The lowest BCUT2D eigenvalue weighted by molar-refractivity contribution is -0.115. The highest BCUT2D eigenvalue weighted by molar-refractivity contribution is 6.30. The van der Waals surface area contributed by atoms with E-state index < -0.39 is 0 Å². The lowest BCUT2D eigenvalue weighted by Gasteiger charge is -2.11. The van der Waals surface area contributed by atoms with Crippen LogP contribution in [0.5, 0.6) is 5.75 Å². The van der Waals surface area contributed by atoms with Gasteiger partial charge in [-0.3, -0.25) is 4.79 Å². The molecule has 2 aromatic carbocycles. The first kappa shape index (κ1) is 16.2. The second kappa shape index (κ2) is 7.71. The number of halogens is 1. The number of carbonyl (C=O) groups is 1. The molecule has 22 heavy (non-hydrogen) atoms. The van der Waals surface area contributed by atoms with Crippen LogP contribution in [0.4, 0.5) is 11.4 Å². The van der Waals surface area contributed by atoms with E-state index in [-0.39, 0.29) is 5.91 Å². The fraction of sp³-hybridized carbons (Fsp3) is 0.235. The molecule has 0 aliphatic rings. The zero-order chi connectivity index (χ0) is 15.9. The van der Waals surface area contributed by atoms with E-state index in [0.717, 1.165) is 22.7 Å². The third-order valence-corrected chi connectivity index (χ3v) is 3.47. The van der Waals surface area contributed by atoms with Crippen LogP contribution in [0, 0.1) is 6.92 Å². The normalized spacial score (nSPS) is 10.1. The molecular formula is C17H19ClN2O2. The average molecular weight is 319 g/mol. The van der Waals surface area contributed by atoms with Crippen LogP contribution in [0.2, 0.25) is 5.02 Å². The monoisotopic (exact) mass is 318 g/mol. The Hall–Kier alpha value is -2.20. The molecule has 2 N–H and O–H groups in total. The smallest absolute Gasteiger partial charge is 0.226 e. The maximum absolute atomic E-state index is 12.0. The summed E-state index contributed by atoms with van der Waals surface area (Å²) in [7, 11) is 1.62.